The van der Waals surface area contributed by atoms with E-state index in [2.05, 4.69) is 4.74 Å². The summed E-state index contributed by atoms with van der Waals surface area (Å²) in [6.07, 6.45) is -4.81. The number of alkyl halides is 3. The molecule has 3 nitrogen and oxygen atoms in total. The predicted octanol–water partition coefficient (Wildman–Crippen LogP) is 2.48. The number of para-hydroxylation sites is 1. The van der Waals surface area contributed by atoms with Crippen molar-refractivity contribution >= 4 is 0 Å². The molecule has 1 rings (SSSR count). The Kier molecular flexibility index (Phi) is 4.00. The summed E-state index contributed by atoms with van der Waals surface area (Å²) < 4.78 is 45.2. The van der Waals surface area contributed by atoms with E-state index >= 15 is 0 Å². The van der Waals surface area contributed by atoms with Gasteiger partial charge >= 0.3 is 6.36 Å². The lowest BCUT2D eigenvalue weighted by atomic mass is 10.2. The standard InChI is InChI=1S/C10H11F3O3/c1-2-15-8-5-3-4-7(6-14)9(8)16-10(11,12)13/h3-5,14H,2,6H2,1H3. The van der Waals surface area contributed by atoms with E-state index in [1.54, 1.807) is 6.92 Å². The van der Waals surface area contributed by atoms with Gasteiger partial charge in [0.05, 0.1) is 13.2 Å². The highest BCUT2D eigenvalue weighted by molar-refractivity contribution is 5.46. The van der Waals surface area contributed by atoms with Crippen LogP contribution in [0.15, 0.2) is 18.2 Å². The molecule has 0 aromatic heterocycles. The van der Waals surface area contributed by atoms with E-state index in [0.29, 0.717) is 0 Å². The molecule has 0 aliphatic carbocycles. The molecule has 90 valence electrons. The van der Waals surface area contributed by atoms with Crippen molar-refractivity contribution in [2.24, 2.45) is 0 Å². The Labute approximate surface area is 90.4 Å². The molecule has 0 heterocycles. The fourth-order valence-corrected chi connectivity index (χ4v) is 1.19. The van der Waals surface area contributed by atoms with Gasteiger partial charge in [-0.2, -0.15) is 0 Å². The van der Waals surface area contributed by atoms with Gasteiger partial charge in [-0.15, -0.1) is 13.2 Å². The van der Waals surface area contributed by atoms with E-state index < -0.39 is 18.7 Å². The maximum atomic E-state index is 12.1. The monoisotopic (exact) mass is 236 g/mol. The van der Waals surface area contributed by atoms with Crippen molar-refractivity contribution in [1.29, 1.82) is 0 Å². The molecule has 0 unspecified atom stereocenters. The molecule has 1 aromatic carbocycles. The second-order valence-corrected chi connectivity index (χ2v) is 2.88. The SMILES string of the molecule is CCOc1cccc(CO)c1OC(F)(F)F. The van der Waals surface area contributed by atoms with Crippen molar-refractivity contribution in [3.63, 3.8) is 0 Å². The molecule has 0 bridgehead atoms. The third-order valence-corrected chi connectivity index (χ3v) is 1.75. The van der Waals surface area contributed by atoms with Crippen LogP contribution in [0.25, 0.3) is 0 Å². The highest BCUT2D eigenvalue weighted by Gasteiger charge is 2.33. The van der Waals surface area contributed by atoms with Crippen LogP contribution < -0.4 is 9.47 Å². The second-order valence-electron chi connectivity index (χ2n) is 2.88. The van der Waals surface area contributed by atoms with Gasteiger partial charge < -0.3 is 14.6 Å². The zero-order chi connectivity index (χ0) is 12.2. The fourth-order valence-electron chi connectivity index (χ4n) is 1.19. The van der Waals surface area contributed by atoms with Crippen LogP contribution in [0.5, 0.6) is 11.5 Å². The lowest BCUT2D eigenvalue weighted by Crippen LogP contribution is -2.19. The highest BCUT2D eigenvalue weighted by atomic mass is 19.4. The van der Waals surface area contributed by atoms with Gasteiger partial charge in [0.15, 0.2) is 11.5 Å². The summed E-state index contributed by atoms with van der Waals surface area (Å²) in [6, 6.07) is 4.17. The van der Waals surface area contributed by atoms with Gasteiger partial charge in [-0.1, -0.05) is 12.1 Å². The Morgan fingerprint density at radius 2 is 2.00 bits per heavy atom. The van der Waals surface area contributed by atoms with E-state index in [1.807, 2.05) is 0 Å². The number of rotatable bonds is 4. The number of benzene rings is 1. The van der Waals surface area contributed by atoms with Gasteiger partial charge in [-0.05, 0) is 13.0 Å². The molecule has 1 aromatic rings. The van der Waals surface area contributed by atoms with E-state index in [1.165, 1.54) is 18.2 Å². The first kappa shape index (κ1) is 12.6. The quantitative estimate of drug-likeness (QED) is 0.872. The topological polar surface area (TPSA) is 38.7 Å². The minimum Gasteiger partial charge on any atom is -0.490 e. The Morgan fingerprint density at radius 1 is 1.31 bits per heavy atom. The number of aliphatic hydroxyl groups is 1. The zero-order valence-electron chi connectivity index (χ0n) is 8.54. The van der Waals surface area contributed by atoms with Crippen LogP contribution in [-0.2, 0) is 6.61 Å². The Morgan fingerprint density at radius 3 is 2.50 bits per heavy atom. The molecule has 16 heavy (non-hydrogen) atoms. The molecule has 0 saturated heterocycles. The van der Waals surface area contributed by atoms with Crippen LogP contribution in [0, 0.1) is 0 Å². The third-order valence-electron chi connectivity index (χ3n) is 1.75. The van der Waals surface area contributed by atoms with Gasteiger partial charge in [0.25, 0.3) is 0 Å². The molecule has 0 aliphatic heterocycles. The van der Waals surface area contributed by atoms with Gasteiger partial charge in [0, 0.05) is 5.56 Å². The Balaban J connectivity index is 3.09. The molecule has 0 radical (unpaired) electrons. The van der Waals surface area contributed by atoms with Crippen molar-refractivity contribution in [1.82, 2.24) is 0 Å². The summed E-state index contributed by atoms with van der Waals surface area (Å²) >= 11 is 0. The minimum absolute atomic E-state index is 0.0308. The first-order valence-corrected chi connectivity index (χ1v) is 4.59. The molecule has 0 aliphatic rings. The van der Waals surface area contributed by atoms with Crippen LogP contribution in [0.3, 0.4) is 0 Å². The average Bonchev–Trinajstić information content (AvgIpc) is 2.19. The van der Waals surface area contributed by atoms with Gasteiger partial charge in [0.2, 0.25) is 0 Å². The summed E-state index contributed by atoms with van der Waals surface area (Å²) in [5.74, 6) is -0.522. The smallest absolute Gasteiger partial charge is 0.490 e. The number of ether oxygens (including phenoxy) is 2. The number of aliphatic hydroxyl groups excluding tert-OH is 1. The number of halogens is 3. The van der Waals surface area contributed by atoms with Crippen molar-refractivity contribution < 1.29 is 27.8 Å². The molecule has 0 fully saturated rings. The molecular formula is C10H11F3O3. The summed E-state index contributed by atoms with van der Waals surface area (Å²) in [7, 11) is 0. The summed E-state index contributed by atoms with van der Waals surface area (Å²) in [6.45, 7) is 1.30. The Hall–Kier alpha value is -1.43. The van der Waals surface area contributed by atoms with Crippen molar-refractivity contribution in [2.45, 2.75) is 19.9 Å². The van der Waals surface area contributed by atoms with Crippen LogP contribution in [0.2, 0.25) is 0 Å². The van der Waals surface area contributed by atoms with Crippen molar-refractivity contribution in [3.05, 3.63) is 23.8 Å². The van der Waals surface area contributed by atoms with E-state index in [-0.39, 0.29) is 17.9 Å². The maximum absolute atomic E-state index is 12.1. The van der Waals surface area contributed by atoms with Crippen LogP contribution in [0.1, 0.15) is 12.5 Å². The largest absolute Gasteiger partial charge is 0.573 e. The summed E-state index contributed by atoms with van der Waals surface area (Å²) in [5.41, 5.74) is 0.0308. The number of hydrogen-bond donors (Lipinski definition) is 1. The molecule has 0 saturated carbocycles. The molecular weight excluding hydrogens is 225 g/mol. The molecule has 0 spiro atoms. The van der Waals surface area contributed by atoms with Crippen LogP contribution >= 0.6 is 0 Å². The average molecular weight is 236 g/mol. The van der Waals surface area contributed by atoms with E-state index in [9.17, 15) is 13.2 Å². The molecule has 0 amide bonds. The first-order chi connectivity index (χ1) is 7.48. The number of hydrogen-bond acceptors (Lipinski definition) is 3. The summed E-state index contributed by atoms with van der Waals surface area (Å²) in [5, 5.41) is 8.91. The predicted molar refractivity (Wildman–Crippen MR) is 50.2 cm³/mol. The van der Waals surface area contributed by atoms with Crippen molar-refractivity contribution in [3.8, 4) is 11.5 Å². The Bertz CT molecular complexity index is 350. The molecule has 0 atom stereocenters. The maximum Gasteiger partial charge on any atom is 0.573 e. The van der Waals surface area contributed by atoms with E-state index in [4.69, 9.17) is 9.84 Å². The fraction of sp³-hybridized carbons (Fsp3) is 0.400. The summed E-state index contributed by atoms with van der Waals surface area (Å²) in [4.78, 5) is 0. The third kappa shape index (κ3) is 3.30. The first-order valence-electron chi connectivity index (χ1n) is 4.59. The van der Waals surface area contributed by atoms with Crippen LogP contribution in [0.4, 0.5) is 13.2 Å². The highest BCUT2D eigenvalue weighted by Crippen LogP contribution is 2.35. The molecule has 1 N–H and O–H groups in total. The zero-order valence-corrected chi connectivity index (χ0v) is 8.54. The van der Waals surface area contributed by atoms with Crippen LogP contribution in [-0.4, -0.2) is 18.1 Å². The lowest BCUT2D eigenvalue weighted by Gasteiger charge is -2.15. The normalized spacial score (nSPS) is 11.3. The lowest BCUT2D eigenvalue weighted by molar-refractivity contribution is -0.275. The minimum atomic E-state index is -4.81. The van der Waals surface area contributed by atoms with Crippen molar-refractivity contribution in [2.75, 3.05) is 6.61 Å². The van der Waals surface area contributed by atoms with Gasteiger partial charge in [-0.3, -0.25) is 0 Å². The van der Waals surface area contributed by atoms with E-state index in [0.717, 1.165) is 0 Å². The molecule has 6 heteroatoms. The second kappa shape index (κ2) is 5.07. The van der Waals surface area contributed by atoms with Gasteiger partial charge in [-0.25, -0.2) is 0 Å². The van der Waals surface area contributed by atoms with Gasteiger partial charge in [0.1, 0.15) is 0 Å².